The van der Waals surface area contributed by atoms with E-state index in [2.05, 4.69) is 10.6 Å². The average Bonchev–Trinajstić information content (AvgIpc) is 2.39. The maximum Gasteiger partial charge on any atom is 0.319 e. The Morgan fingerprint density at radius 2 is 2.00 bits per heavy atom. The Bertz CT molecular complexity index is 475. The van der Waals surface area contributed by atoms with Crippen molar-refractivity contribution < 1.29 is 4.79 Å². The molecule has 0 aliphatic heterocycles. The molecule has 5 nitrogen and oxygen atoms in total. The summed E-state index contributed by atoms with van der Waals surface area (Å²) in [6.45, 7) is 6.30. The third-order valence-electron chi connectivity index (χ3n) is 3.37. The SMILES string of the molecule is CC(C)C(C)(CN)NC(=O)Nc1ccc(C#N)cc1. The summed E-state index contributed by atoms with van der Waals surface area (Å²) in [5, 5.41) is 14.3. The highest BCUT2D eigenvalue weighted by molar-refractivity contribution is 5.89. The largest absolute Gasteiger partial charge is 0.331 e. The van der Waals surface area contributed by atoms with Crippen molar-refractivity contribution in [1.29, 1.82) is 5.26 Å². The fraction of sp³-hybridized carbons (Fsp3) is 0.429. The molecule has 5 heteroatoms. The lowest BCUT2D eigenvalue weighted by Crippen LogP contribution is -2.56. The summed E-state index contributed by atoms with van der Waals surface area (Å²) in [6.07, 6.45) is 0. The van der Waals surface area contributed by atoms with E-state index in [9.17, 15) is 4.79 Å². The highest BCUT2D eigenvalue weighted by atomic mass is 16.2. The van der Waals surface area contributed by atoms with E-state index in [1.807, 2.05) is 26.8 Å². The molecule has 1 atom stereocenters. The van der Waals surface area contributed by atoms with E-state index < -0.39 is 5.54 Å². The van der Waals surface area contributed by atoms with Crippen LogP contribution in [-0.4, -0.2) is 18.1 Å². The Hall–Kier alpha value is -2.06. The molecule has 0 spiro atoms. The standard InChI is InChI=1S/C14H20N4O/c1-10(2)14(3,9-16)18-13(19)17-12-6-4-11(8-15)5-7-12/h4-7,10H,9,16H2,1-3H3,(H2,17,18,19). The number of urea groups is 1. The van der Waals surface area contributed by atoms with E-state index in [1.54, 1.807) is 24.3 Å². The molecule has 0 bridgehead atoms. The first-order valence-electron chi connectivity index (χ1n) is 6.20. The molecular weight excluding hydrogens is 240 g/mol. The smallest absolute Gasteiger partial charge is 0.319 e. The lowest BCUT2D eigenvalue weighted by Gasteiger charge is -2.33. The van der Waals surface area contributed by atoms with Crippen LogP contribution in [0.15, 0.2) is 24.3 Å². The monoisotopic (exact) mass is 260 g/mol. The van der Waals surface area contributed by atoms with Gasteiger partial charge in [0.05, 0.1) is 17.2 Å². The lowest BCUT2D eigenvalue weighted by atomic mass is 9.89. The Morgan fingerprint density at radius 3 is 2.42 bits per heavy atom. The Kier molecular flexibility index (Phi) is 4.90. The van der Waals surface area contributed by atoms with Gasteiger partial charge in [-0.15, -0.1) is 0 Å². The number of anilines is 1. The summed E-state index contributed by atoms with van der Waals surface area (Å²) in [7, 11) is 0. The van der Waals surface area contributed by atoms with E-state index in [0.29, 0.717) is 17.8 Å². The predicted octanol–water partition coefficient (Wildman–Crippen LogP) is 2.05. The number of carbonyl (C=O) groups is 1. The highest BCUT2D eigenvalue weighted by Gasteiger charge is 2.28. The van der Waals surface area contributed by atoms with Crippen LogP contribution in [0.1, 0.15) is 26.3 Å². The van der Waals surface area contributed by atoms with Gasteiger partial charge in [-0.05, 0) is 37.1 Å². The van der Waals surface area contributed by atoms with Gasteiger partial charge in [0.15, 0.2) is 0 Å². The minimum Gasteiger partial charge on any atom is -0.331 e. The maximum atomic E-state index is 11.9. The van der Waals surface area contributed by atoms with Gasteiger partial charge >= 0.3 is 6.03 Å². The number of hydrogen-bond donors (Lipinski definition) is 3. The third-order valence-corrected chi connectivity index (χ3v) is 3.37. The molecule has 1 unspecified atom stereocenters. The van der Waals surface area contributed by atoms with Gasteiger partial charge in [0, 0.05) is 12.2 Å². The van der Waals surface area contributed by atoms with Crippen LogP contribution in [0.2, 0.25) is 0 Å². The van der Waals surface area contributed by atoms with Gasteiger partial charge in [-0.25, -0.2) is 4.79 Å². The van der Waals surface area contributed by atoms with Gasteiger partial charge < -0.3 is 16.4 Å². The van der Waals surface area contributed by atoms with E-state index in [0.717, 1.165) is 0 Å². The Morgan fingerprint density at radius 1 is 1.42 bits per heavy atom. The second-order valence-electron chi connectivity index (χ2n) is 5.04. The van der Waals surface area contributed by atoms with Crippen molar-refractivity contribution >= 4 is 11.7 Å². The summed E-state index contributed by atoms with van der Waals surface area (Å²) >= 11 is 0. The molecule has 0 radical (unpaired) electrons. The summed E-state index contributed by atoms with van der Waals surface area (Å²) in [4.78, 5) is 11.9. The molecule has 0 fully saturated rings. The van der Waals surface area contributed by atoms with Crippen molar-refractivity contribution in [2.24, 2.45) is 11.7 Å². The summed E-state index contributed by atoms with van der Waals surface area (Å²) < 4.78 is 0. The van der Waals surface area contributed by atoms with Crippen LogP contribution in [-0.2, 0) is 0 Å². The third kappa shape index (κ3) is 3.97. The van der Waals surface area contributed by atoms with Crippen LogP contribution >= 0.6 is 0 Å². The summed E-state index contributed by atoms with van der Waals surface area (Å²) in [6, 6.07) is 8.41. The van der Waals surface area contributed by atoms with Gasteiger partial charge in [-0.3, -0.25) is 0 Å². The van der Waals surface area contributed by atoms with E-state index in [1.165, 1.54) is 0 Å². The molecule has 0 saturated heterocycles. The molecule has 102 valence electrons. The number of nitrogens with two attached hydrogens (primary N) is 1. The first kappa shape index (κ1) is 15.0. The highest BCUT2D eigenvalue weighted by Crippen LogP contribution is 2.15. The van der Waals surface area contributed by atoms with Crippen molar-refractivity contribution in [1.82, 2.24) is 5.32 Å². The van der Waals surface area contributed by atoms with Crippen LogP contribution in [0.4, 0.5) is 10.5 Å². The molecule has 4 N–H and O–H groups in total. The van der Waals surface area contributed by atoms with E-state index >= 15 is 0 Å². The normalized spacial score (nSPS) is 13.5. The predicted molar refractivity (Wildman–Crippen MR) is 75.6 cm³/mol. The van der Waals surface area contributed by atoms with Crippen LogP contribution in [0.25, 0.3) is 0 Å². The minimum absolute atomic E-state index is 0.226. The molecule has 0 aromatic heterocycles. The summed E-state index contributed by atoms with van der Waals surface area (Å²) in [5.41, 5.74) is 6.46. The Labute approximate surface area is 113 Å². The first-order valence-corrected chi connectivity index (χ1v) is 6.20. The lowest BCUT2D eigenvalue weighted by molar-refractivity contribution is 0.225. The number of rotatable bonds is 4. The van der Waals surface area contributed by atoms with Crippen molar-refractivity contribution in [3.63, 3.8) is 0 Å². The van der Waals surface area contributed by atoms with Crippen molar-refractivity contribution in [3.8, 4) is 6.07 Å². The van der Waals surface area contributed by atoms with Gasteiger partial charge in [-0.1, -0.05) is 13.8 Å². The van der Waals surface area contributed by atoms with Gasteiger partial charge in [0.25, 0.3) is 0 Å². The van der Waals surface area contributed by atoms with E-state index in [4.69, 9.17) is 11.0 Å². The van der Waals surface area contributed by atoms with Gasteiger partial charge in [-0.2, -0.15) is 5.26 Å². The zero-order valence-electron chi connectivity index (χ0n) is 11.5. The topological polar surface area (TPSA) is 90.9 Å². The maximum absolute atomic E-state index is 11.9. The second-order valence-corrected chi connectivity index (χ2v) is 5.04. The number of benzene rings is 1. The second kappa shape index (κ2) is 6.21. The molecule has 0 saturated carbocycles. The Balaban J connectivity index is 2.67. The van der Waals surface area contributed by atoms with Crippen LogP contribution in [0.3, 0.4) is 0 Å². The van der Waals surface area contributed by atoms with Crippen LogP contribution < -0.4 is 16.4 Å². The minimum atomic E-state index is -0.448. The molecule has 2 amide bonds. The molecule has 0 aliphatic rings. The van der Waals surface area contributed by atoms with Gasteiger partial charge in [0.1, 0.15) is 0 Å². The molecule has 0 aliphatic carbocycles. The molecule has 1 aromatic carbocycles. The van der Waals surface area contributed by atoms with Crippen molar-refractivity contribution in [2.75, 3.05) is 11.9 Å². The fourth-order valence-corrected chi connectivity index (χ4v) is 1.48. The van der Waals surface area contributed by atoms with Crippen molar-refractivity contribution in [3.05, 3.63) is 29.8 Å². The summed E-state index contributed by atoms with van der Waals surface area (Å²) in [5.74, 6) is 0.226. The number of hydrogen-bond acceptors (Lipinski definition) is 3. The number of carbonyl (C=O) groups excluding carboxylic acids is 1. The van der Waals surface area contributed by atoms with Gasteiger partial charge in [0.2, 0.25) is 0 Å². The molecule has 1 aromatic rings. The average molecular weight is 260 g/mol. The zero-order valence-corrected chi connectivity index (χ0v) is 11.5. The molecular formula is C14H20N4O. The van der Waals surface area contributed by atoms with Crippen LogP contribution in [0, 0.1) is 17.2 Å². The van der Waals surface area contributed by atoms with Crippen molar-refractivity contribution in [2.45, 2.75) is 26.3 Å². The number of nitriles is 1. The number of nitrogens with one attached hydrogen (secondary N) is 2. The number of nitrogens with zero attached hydrogens (tertiary/aromatic N) is 1. The molecule has 0 heterocycles. The van der Waals surface area contributed by atoms with E-state index in [-0.39, 0.29) is 11.9 Å². The molecule has 19 heavy (non-hydrogen) atoms. The first-order chi connectivity index (χ1) is 8.91. The fourth-order valence-electron chi connectivity index (χ4n) is 1.48. The quantitative estimate of drug-likeness (QED) is 0.773. The molecule has 1 rings (SSSR count). The van der Waals surface area contributed by atoms with Crippen LogP contribution in [0.5, 0.6) is 0 Å². The number of amides is 2. The zero-order chi connectivity index (χ0) is 14.5.